The maximum absolute atomic E-state index is 14.2. The van der Waals surface area contributed by atoms with Gasteiger partial charge in [-0.1, -0.05) is 46.3 Å². The molecule has 0 spiro atoms. The molecule has 0 aromatic carbocycles. The molecule has 360 valence electrons. The summed E-state index contributed by atoms with van der Waals surface area (Å²) in [6.45, 7) is 10.1. The van der Waals surface area contributed by atoms with Crippen LogP contribution in [0.2, 0.25) is 0 Å². The minimum Gasteiger partial charge on any atom is -0.454 e. The monoisotopic (exact) mass is 900 g/mol. The minimum atomic E-state index is -1.71. The highest BCUT2D eigenvalue weighted by molar-refractivity contribution is 5.82. The second-order valence-electron chi connectivity index (χ2n) is 20.4. The summed E-state index contributed by atoms with van der Waals surface area (Å²) in [6.07, 6.45) is -12.6. The zero-order chi connectivity index (χ0) is 45.9. The number of ketones is 1. The van der Waals surface area contributed by atoms with Crippen LogP contribution in [0, 0.1) is 40.4 Å². The van der Waals surface area contributed by atoms with E-state index >= 15 is 0 Å². The van der Waals surface area contributed by atoms with Gasteiger partial charge in [-0.25, -0.2) is 0 Å². The van der Waals surface area contributed by atoms with Crippen LogP contribution in [0.5, 0.6) is 0 Å². The number of hydrogen-bond acceptors (Lipinski definition) is 18. The fraction of sp³-hybridized carbons (Fsp3) is 0.911. The molecule has 3 saturated carbocycles. The van der Waals surface area contributed by atoms with Crippen molar-refractivity contribution < 1.29 is 88.7 Å². The number of Topliss-reactive ketones (excluding diaryl/α,β-unsaturated/α-hetero) is 1. The minimum absolute atomic E-state index is 0.0830. The van der Waals surface area contributed by atoms with Crippen LogP contribution in [0.25, 0.3) is 0 Å². The van der Waals surface area contributed by atoms with Gasteiger partial charge in [0.25, 0.3) is 0 Å². The molecular weight excluding hydrogens is 828 g/mol. The Labute approximate surface area is 368 Å². The Hall–Kier alpha value is -1.72. The normalized spacial score (nSPS) is 49.3. The van der Waals surface area contributed by atoms with E-state index in [0.29, 0.717) is 38.5 Å². The summed E-state index contributed by atoms with van der Waals surface area (Å²) in [4.78, 5) is 26.8. The summed E-state index contributed by atoms with van der Waals surface area (Å²) >= 11 is 0. The number of rotatable bonds is 13. The Morgan fingerprint density at radius 3 is 2.17 bits per heavy atom. The van der Waals surface area contributed by atoms with E-state index in [1.807, 2.05) is 13.8 Å². The predicted octanol–water partition coefficient (Wildman–Crippen LogP) is -0.0250. The zero-order valence-electron chi connectivity index (χ0n) is 37.3. The summed E-state index contributed by atoms with van der Waals surface area (Å²) in [5, 5.41) is 96.6. The molecule has 18 heteroatoms. The Balaban J connectivity index is 1.15. The van der Waals surface area contributed by atoms with Crippen LogP contribution in [-0.4, -0.2) is 175 Å². The van der Waals surface area contributed by atoms with Gasteiger partial charge in [0.2, 0.25) is 0 Å². The standard InChI is InChI=1S/C45H72O18/c1-20(2)7-10-28(48)21(3)45(56)32(62-42-39(59-22(4)47)38(30(50)19-58-42)63-40-36(54)33(51)29(49)18-57-40)16-27-25-9-8-23-15-24(11-13-43(23,5)26(25)12-14-44(27,45)6)60-41-37(55)35(53)34(52)31(17-46)61-41/h8,20-21,24-27,29-42,46,49-56H,7,9-19H2,1-6H3/t21-,24-,25+,26-,27-,29+,30-,31+,32-,33-,34+,35-,36+,37+,38-,39+,40-,41+,42-,43-,44-,45+/m0/s1. The van der Waals surface area contributed by atoms with Gasteiger partial charge in [-0.3, -0.25) is 9.59 Å². The van der Waals surface area contributed by atoms with Crippen molar-refractivity contribution in [1.29, 1.82) is 0 Å². The van der Waals surface area contributed by atoms with E-state index in [1.54, 1.807) is 6.92 Å². The topological polar surface area (TPSA) is 281 Å². The van der Waals surface area contributed by atoms with Crippen molar-refractivity contribution in [2.24, 2.45) is 40.4 Å². The molecule has 63 heavy (non-hydrogen) atoms. The first kappa shape index (κ1) is 49.2. The lowest BCUT2D eigenvalue weighted by atomic mass is 9.46. The lowest BCUT2D eigenvalue weighted by Crippen LogP contribution is -2.64. The van der Waals surface area contributed by atoms with Crippen molar-refractivity contribution in [1.82, 2.24) is 0 Å². The van der Waals surface area contributed by atoms with Crippen molar-refractivity contribution in [3.63, 3.8) is 0 Å². The molecule has 4 aliphatic carbocycles. The van der Waals surface area contributed by atoms with Crippen LogP contribution < -0.4 is 0 Å². The molecule has 7 aliphatic rings. The summed E-state index contributed by atoms with van der Waals surface area (Å²) in [5.41, 5.74) is -1.55. The van der Waals surface area contributed by atoms with Crippen molar-refractivity contribution >= 4 is 11.8 Å². The number of ether oxygens (including phenoxy) is 7. The molecule has 9 N–H and O–H groups in total. The van der Waals surface area contributed by atoms with Gasteiger partial charge in [0.05, 0.1) is 32.0 Å². The van der Waals surface area contributed by atoms with Crippen LogP contribution in [0.1, 0.15) is 99.3 Å². The largest absolute Gasteiger partial charge is 0.454 e. The van der Waals surface area contributed by atoms with Crippen LogP contribution in [0.4, 0.5) is 0 Å². The lowest BCUT2D eigenvalue weighted by Gasteiger charge is -2.59. The quantitative estimate of drug-likeness (QED) is 0.0867. The Kier molecular flexibility index (Phi) is 14.9. The molecule has 0 radical (unpaired) electrons. The molecule has 3 aliphatic heterocycles. The summed E-state index contributed by atoms with van der Waals surface area (Å²) in [5.74, 6) is -1.31. The third-order valence-electron chi connectivity index (χ3n) is 16.4. The van der Waals surface area contributed by atoms with Gasteiger partial charge in [0.1, 0.15) is 66.3 Å². The van der Waals surface area contributed by atoms with Gasteiger partial charge in [-0.15, -0.1) is 0 Å². The lowest BCUT2D eigenvalue weighted by molar-refractivity contribution is -0.345. The van der Waals surface area contributed by atoms with Crippen molar-refractivity contribution in [3.05, 3.63) is 11.6 Å². The third kappa shape index (κ3) is 8.95. The molecule has 3 heterocycles. The Morgan fingerprint density at radius 1 is 0.810 bits per heavy atom. The number of aliphatic hydroxyl groups excluding tert-OH is 8. The molecule has 0 aromatic rings. The van der Waals surface area contributed by atoms with E-state index in [4.69, 9.17) is 33.2 Å². The van der Waals surface area contributed by atoms with Crippen molar-refractivity contribution in [2.45, 2.75) is 197 Å². The molecule has 6 fully saturated rings. The van der Waals surface area contributed by atoms with Crippen molar-refractivity contribution in [2.75, 3.05) is 19.8 Å². The number of esters is 1. The van der Waals surface area contributed by atoms with Gasteiger partial charge >= 0.3 is 5.97 Å². The average molecular weight is 901 g/mol. The van der Waals surface area contributed by atoms with Crippen LogP contribution in [0.15, 0.2) is 11.6 Å². The first-order chi connectivity index (χ1) is 29.7. The first-order valence-corrected chi connectivity index (χ1v) is 23.0. The first-order valence-electron chi connectivity index (χ1n) is 23.0. The highest BCUT2D eigenvalue weighted by Gasteiger charge is 2.71. The molecule has 18 nitrogen and oxygen atoms in total. The third-order valence-corrected chi connectivity index (χ3v) is 16.4. The number of fused-ring (bicyclic) bond motifs is 5. The van der Waals surface area contributed by atoms with E-state index in [2.05, 4.69) is 19.9 Å². The molecule has 3 saturated heterocycles. The van der Waals surface area contributed by atoms with E-state index in [1.165, 1.54) is 12.5 Å². The van der Waals surface area contributed by atoms with Crippen LogP contribution in [0.3, 0.4) is 0 Å². The second kappa shape index (κ2) is 19.1. The molecule has 0 aromatic heterocycles. The summed E-state index contributed by atoms with van der Waals surface area (Å²) < 4.78 is 41.9. The molecule has 0 amide bonds. The number of aliphatic hydroxyl groups is 9. The van der Waals surface area contributed by atoms with Crippen LogP contribution in [-0.2, 0) is 42.7 Å². The van der Waals surface area contributed by atoms with Gasteiger partial charge in [-0.05, 0) is 80.5 Å². The summed E-state index contributed by atoms with van der Waals surface area (Å²) in [6, 6.07) is 0. The highest BCUT2D eigenvalue weighted by atomic mass is 16.7. The summed E-state index contributed by atoms with van der Waals surface area (Å²) in [7, 11) is 0. The maximum atomic E-state index is 14.2. The highest BCUT2D eigenvalue weighted by Crippen LogP contribution is 2.69. The number of allylic oxidation sites excluding steroid dienone is 1. The van der Waals surface area contributed by atoms with Gasteiger partial charge in [-0.2, -0.15) is 0 Å². The van der Waals surface area contributed by atoms with E-state index in [-0.39, 0.29) is 60.6 Å². The fourth-order valence-corrected chi connectivity index (χ4v) is 12.5. The second-order valence-corrected chi connectivity index (χ2v) is 20.4. The SMILES string of the molecule is CC(=O)O[C@H]1[C@H](O[C@H]2C[C@H]3[C@@H]4CC=C5C[C@@H](O[C@@H]6O[C@H](CO)[C@@H](O)[C@H](O)[C@H]6O)CC[C@]5(C)[C@H]4CC[C@]3(C)[C@@]2(O)[C@@H](C)C(=O)CCC(C)C)OC[C@H](O)[C@@H]1O[C@@H]1OC[C@@H](O)[C@H](O)[C@H]1O. The molecule has 7 rings (SSSR count). The van der Waals surface area contributed by atoms with Gasteiger partial charge < -0.3 is 79.1 Å². The Morgan fingerprint density at radius 2 is 1.49 bits per heavy atom. The Bertz CT molecular complexity index is 1640. The zero-order valence-corrected chi connectivity index (χ0v) is 37.3. The number of carbonyl (C=O) groups excluding carboxylic acids is 2. The molecule has 22 atom stereocenters. The molecule has 0 bridgehead atoms. The smallest absolute Gasteiger partial charge is 0.303 e. The predicted molar refractivity (Wildman–Crippen MR) is 218 cm³/mol. The maximum Gasteiger partial charge on any atom is 0.303 e. The van der Waals surface area contributed by atoms with Gasteiger partial charge in [0.15, 0.2) is 25.0 Å². The fourth-order valence-electron chi connectivity index (χ4n) is 12.5. The van der Waals surface area contributed by atoms with E-state index < -0.39 is 116 Å². The molecular formula is C45H72O18. The van der Waals surface area contributed by atoms with Crippen molar-refractivity contribution in [3.8, 4) is 0 Å². The molecule has 0 unspecified atom stereocenters. The van der Waals surface area contributed by atoms with Gasteiger partial charge in [0, 0.05) is 24.7 Å². The number of hydrogen-bond donors (Lipinski definition) is 9. The number of carbonyl (C=O) groups is 2. The van der Waals surface area contributed by atoms with E-state index in [9.17, 15) is 55.5 Å². The van der Waals surface area contributed by atoms with E-state index in [0.717, 1.165) is 12.8 Å². The van der Waals surface area contributed by atoms with Crippen LogP contribution >= 0.6 is 0 Å². The average Bonchev–Trinajstić information content (AvgIpc) is 3.47.